The lowest BCUT2D eigenvalue weighted by Gasteiger charge is -2.21. The molecule has 0 saturated heterocycles. The van der Waals surface area contributed by atoms with E-state index in [2.05, 4.69) is 25.2 Å². The molecule has 1 rings (SSSR count). The summed E-state index contributed by atoms with van der Waals surface area (Å²) in [7, 11) is 0. The van der Waals surface area contributed by atoms with Gasteiger partial charge in [0.2, 0.25) is 5.91 Å². The highest BCUT2D eigenvalue weighted by molar-refractivity contribution is 5.83. The van der Waals surface area contributed by atoms with Gasteiger partial charge in [-0.05, 0) is 25.2 Å². The first-order chi connectivity index (χ1) is 6.34. The van der Waals surface area contributed by atoms with Crippen LogP contribution in [-0.4, -0.2) is 11.4 Å². The number of rotatable bonds is 3. The summed E-state index contributed by atoms with van der Waals surface area (Å²) in [6.45, 7) is 7.82. The minimum atomic E-state index is -0.699. The van der Waals surface area contributed by atoms with Gasteiger partial charge in [0, 0.05) is 5.92 Å². The first-order valence-corrected chi connectivity index (χ1v) is 5.08. The highest BCUT2D eigenvalue weighted by atomic mass is 16.2. The van der Waals surface area contributed by atoms with Crippen molar-refractivity contribution in [1.29, 1.82) is 5.26 Å². The third-order valence-electron chi connectivity index (χ3n) is 3.18. The van der Waals surface area contributed by atoms with Crippen molar-refractivity contribution in [3.8, 4) is 6.07 Å². The number of nitriles is 1. The first-order valence-electron chi connectivity index (χ1n) is 5.08. The van der Waals surface area contributed by atoms with E-state index in [4.69, 9.17) is 5.26 Å². The molecule has 2 atom stereocenters. The molecule has 78 valence electrons. The van der Waals surface area contributed by atoms with Gasteiger partial charge in [-0.2, -0.15) is 5.26 Å². The molecule has 1 aliphatic carbocycles. The number of hydrogen-bond acceptors (Lipinski definition) is 2. The van der Waals surface area contributed by atoms with Gasteiger partial charge >= 0.3 is 0 Å². The molecule has 0 spiro atoms. The van der Waals surface area contributed by atoms with Gasteiger partial charge in [0.15, 0.2) is 0 Å². The Balaban J connectivity index is 2.55. The molecule has 0 bridgehead atoms. The van der Waals surface area contributed by atoms with Crippen LogP contribution in [0.1, 0.15) is 40.5 Å². The fraction of sp³-hybridized carbons (Fsp3) is 0.818. The molecule has 1 N–H and O–H groups in total. The average Bonchev–Trinajstić information content (AvgIpc) is 2.75. The van der Waals surface area contributed by atoms with Crippen LogP contribution in [0, 0.1) is 22.7 Å². The van der Waals surface area contributed by atoms with Crippen LogP contribution in [0.15, 0.2) is 0 Å². The largest absolute Gasteiger partial charge is 0.338 e. The Kier molecular flexibility index (Phi) is 2.58. The molecule has 3 heteroatoms. The second-order valence-electron chi connectivity index (χ2n) is 5.03. The van der Waals surface area contributed by atoms with E-state index in [1.54, 1.807) is 6.92 Å². The molecule has 1 amide bonds. The second-order valence-corrected chi connectivity index (χ2v) is 5.03. The second kappa shape index (κ2) is 3.27. The van der Waals surface area contributed by atoms with Gasteiger partial charge in [0.05, 0.1) is 6.07 Å². The lowest BCUT2D eigenvalue weighted by Crippen LogP contribution is -2.45. The zero-order valence-corrected chi connectivity index (χ0v) is 9.35. The predicted molar refractivity (Wildman–Crippen MR) is 54.3 cm³/mol. The standard InChI is InChI=1S/C11H18N2O/c1-5-11(4,7-12)13-9(14)8-6-10(8,2)3/h8H,5-6H2,1-4H3,(H,13,14). The monoisotopic (exact) mass is 194 g/mol. The van der Waals surface area contributed by atoms with Crippen LogP contribution in [-0.2, 0) is 4.79 Å². The van der Waals surface area contributed by atoms with E-state index < -0.39 is 5.54 Å². The van der Waals surface area contributed by atoms with E-state index in [-0.39, 0.29) is 17.2 Å². The first kappa shape index (κ1) is 11.0. The van der Waals surface area contributed by atoms with Crippen LogP contribution >= 0.6 is 0 Å². The highest BCUT2D eigenvalue weighted by Crippen LogP contribution is 2.51. The minimum absolute atomic E-state index is 0.0286. The molecular weight excluding hydrogens is 176 g/mol. The van der Waals surface area contributed by atoms with E-state index in [1.165, 1.54) is 0 Å². The zero-order valence-electron chi connectivity index (χ0n) is 9.35. The number of carbonyl (C=O) groups is 1. The smallest absolute Gasteiger partial charge is 0.224 e. The maximum Gasteiger partial charge on any atom is 0.224 e. The molecule has 0 heterocycles. The van der Waals surface area contributed by atoms with E-state index >= 15 is 0 Å². The molecule has 0 aromatic heterocycles. The highest BCUT2D eigenvalue weighted by Gasteiger charge is 2.51. The van der Waals surface area contributed by atoms with Crippen molar-refractivity contribution < 1.29 is 4.79 Å². The molecule has 2 unspecified atom stereocenters. The minimum Gasteiger partial charge on any atom is -0.338 e. The van der Waals surface area contributed by atoms with E-state index in [0.717, 1.165) is 6.42 Å². The van der Waals surface area contributed by atoms with Gasteiger partial charge < -0.3 is 5.32 Å². The lowest BCUT2D eigenvalue weighted by atomic mass is 10.00. The molecule has 1 saturated carbocycles. The summed E-state index contributed by atoms with van der Waals surface area (Å²) in [5.74, 6) is 0.127. The van der Waals surface area contributed by atoms with E-state index in [9.17, 15) is 4.79 Å². The van der Waals surface area contributed by atoms with Crippen molar-refractivity contribution in [2.75, 3.05) is 0 Å². The molecular formula is C11H18N2O. The summed E-state index contributed by atoms with van der Waals surface area (Å²) in [4.78, 5) is 11.7. The van der Waals surface area contributed by atoms with Gasteiger partial charge in [-0.1, -0.05) is 20.8 Å². The van der Waals surface area contributed by atoms with Crippen LogP contribution in [0.2, 0.25) is 0 Å². The Morgan fingerprint density at radius 1 is 1.71 bits per heavy atom. The number of amides is 1. The predicted octanol–water partition coefficient (Wildman–Crippen LogP) is 1.84. The van der Waals surface area contributed by atoms with Crippen LogP contribution in [0.5, 0.6) is 0 Å². The molecule has 0 aliphatic heterocycles. The van der Waals surface area contributed by atoms with E-state index in [0.29, 0.717) is 6.42 Å². The van der Waals surface area contributed by atoms with Gasteiger partial charge in [0.25, 0.3) is 0 Å². The summed E-state index contributed by atoms with van der Waals surface area (Å²) < 4.78 is 0. The summed E-state index contributed by atoms with van der Waals surface area (Å²) >= 11 is 0. The van der Waals surface area contributed by atoms with Gasteiger partial charge in [-0.25, -0.2) is 0 Å². The van der Waals surface area contributed by atoms with Crippen molar-refractivity contribution >= 4 is 5.91 Å². The summed E-state index contributed by atoms with van der Waals surface area (Å²) in [5.41, 5.74) is -0.566. The fourth-order valence-electron chi connectivity index (χ4n) is 1.47. The van der Waals surface area contributed by atoms with Crippen LogP contribution in [0.3, 0.4) is 0 Å². The SMILES string of the molecule is CCC(C)(C#N)NC(=O)C1CC1(C)C. The Labute approximate surface area is 85.5 Å². The third kappa shape index (κ3) is 2.06. The average molecular weight is 194 g/mol. The van der Waals surface area contributed by atoms with Crippen molar-refractivity contribution in [1.82, 2.24) is 5.32 Å². The molecule has 3 nitrogen and oxygen atoms in total. The Morgan fingerprint density at radius 3 is 2.50 bits per heavy atom. The van der Waals surface area contributed by atoms with Crippen molar-refractivity contribution in [3.63, 3.8) is 0 Å². The van der Waals surface area contributed by atoms with Crippen LogP contribution < -0.4 is 5.32 Å². The lowest BCUT2D eigenvalue weighted by molar-refractivity contribution is -0.124. The third-order valence-corrected chi connectivity index (χ3v) is 3.18. The normalized spacial score (nSPS) is 27.2. The van der Waals surface area contributed by atoms with E-state index in [1.807, 2.05) is 6.92 Å². The summed E-state index contributed by atoms with van der Waals surface area (Å²) in [6, 6.07) is 2.14. The van der Waals surface area contributed by atoms with Gasteiger partial charge in [-0.15, -0.1) is 0 Å². The Bertz CT molecular complexity index is 290. The van der Waals surface area contributed by atoms with Gasteiger partial charge in [0.1, 0.15) is 5.54 Å². The fourth-order valence-corrected chi connectivity index (χ4v) is 1.47. The van der Waals surface area contributed by atoms with Crippen molar-refractivity contribution in [2.24, 2.45) is 11.3 Å². The molecule has 0 aromatic carbocycles. The molecule has 0 aromatic rings. The summed E-state index contributed by atoms with van der Waals surface area (Å²) in [5, 5.41) is 11.7. The number of nitrogens with zero attached hydrogens (tertiary/aromatic N) is 1. The Morgan fingerprint density at radius 2 is 2.21 bits per heavy atom. The number of nitrogens with one attached hydrogen (secondary N) is 1. The maximum absolute atomic E-state index is 11.7. The Hall–Kier alpha value is -1.04. The van der Waals surface area contributed by atoms with Crippen molar-refractivity contribution in [3.05, 3.63) is 0 Å². The number of carbonyl (C=O) groups excluding carboxylic acids is 1. The molecule has 0 radical (unpaired) electrons. The molecule has 1 aliphatic rings. The quantitative estimate of drug-likeness (QED) is 0.745. The maximum atomic E-state index is 11.7. The number of hydrogen-bond donors (Lipinski definition) is 1. The topological polar surface area (TPSA) is 52.9 Å². The molecule has 1 fully saturated rings. The zero-order chi connectivity index (χ0) is 11.0. The van der Waals surface area contributed by atoms with Crippen molar-refractivity contribution in [2.45, 2.75) is 46.1 Å². The van der Waals surface area contributed by atoms with Gasteiger partial charge in [-0.3, -0.25) is 4.79 Å². The summed E-state index contributed by atoms with van der Waals surface area (Å²) in [6.07, 6.45) is 1.58. The molecule has 14 heavy (non-hydrogen) atoms. The van der Waals surface area contributed by atoms with Crippen LogP contribution in [0.4, 0.5) is 0 Å². The van der Waals surface area contributed by atoms with Crippen LogP contribution in [0.25, 0.3) is 0 Å².